The Morgan fingerprint density at radius 3 is 2.56 bits per heavy atom. The van der Waals surface area contributed by atoms with Gasteiger partial charge in [-0.1, -0.05) is 41.9 Å². The first kappa shape index (κ1) is 30.6. The van der Waals surface area contributed by atoms with Gasteiger partial charge in [0.05, 0.1) is 22.2 Å². The summed E-state index contributed by atoms with van der Waals surface area (Å²) in [5.41, 5.74) is 2.86. The highest BCUT2D eigenvalue weighted by Gasteiger charge is 2.30. The average molecular weight is 709 g/mol. The molecule has 3 N–H and O–H groups in total. The molecule has 0 unspecified atom stereocenters. The first-order chi connectivity index (χ1) is 19.6. The topological polar surface area (TPSA) is 138 Å². The lowest BCUT2D eigenvalue weighted by Crippen LogP contribution is -2.45. The predicted octanol–water partition coefficient (Wildman–Crippen LogP) is 4.14. The van der Waals surface area contributed by atoms with Gasteiger partial charge in [0.2, 0.25) is 5.96 Å². The molecular weight excluding hydrogens is 682 g/mol. The number of rotatable bonds is 7. The number of fused-ring (bicyclic) bond motifs is 1. The smallest absolute Gasteiger partial charge is 0.328 e. The number of nitrogens with zero attached hydrogens (tertiary/aromatic N) is 4. The molecule has 0 bridgehead atoms. The number of carboxylic acids is 1. The number of carbonyl (C=O) groups is 3. The van der Waals surface area contributed by atoms with Crippen molar-refractivity contribution in [1.29, 1.82) is 5.26 Å². The fraction of sp³-hybridized carbons (Fsp3) is 0.321. The highest BCUT2D eigenvalue weighted by Crippen LogP contribution is 2.35. The lowest BCUT2D eigenvalue weighted by atomic mass is 9.95. The van der Waals surface area contributed by atoms with E-state index in [-0.39, 0.29) is 40.6 Å². The van der Waals surface area contributed by atoms with Gasteiger partial charge in [0.25, 0.3) is 11.8 Å². The number of amides is 2. The van der Waals surface area contributed by atoms with Gasteiger partial charge in [-0.05, 0) is 76.7 Å². The SMILES string of the molecule is C=Cc1ccc(C(=O)N2CCc3c(cc(Cl)c(C(=O)N[C@@H](CN=C(NC#N)N4CCCC4)C(=O)O)c3Cl)C2)cc1I. The first-order valence-electron chi connectivity index (χ1n) is 12.8. The quantitative estimate of drug-likeness (QED) is 0.129. The van der Waals surface area contributed by atoms with Crippen LogP contribution in [0.2, 0.25) is 10.0 Å². The van der Waals surface area contributed by atoms with Gasteiger partial charge in [-0.15, -0.1) is 0 Å². The summed E-state index contributed by atoms with van der Waals surface area (Å²) in [6.07, 6.45) is 5.82. The van der Waals surface area contributed by atoms with Crippen molar-refractivity contribution in [2.45, 2.75) is 31.8 Å². The number of carbonyl (C=O) groups excluding carboxylic acids is 2. The van der Waals surface area contributed by atoms with Gasteiger partial charge in [-0.2, -0.15) is 5.26 Å². The van der Waals surface area contributed by atoms with Crippen LogP contribution in [-0.4, -0.2) is 70.9 Å². The summed E-state index contributed by atoms with van der Waals surface area (Å²) in [6.45, 7) is 5.51. The third-order valence-corrected chi connectivity index (χ3v) is 8.64. The second kappa shape index (κ2) is 13.5. The average Bonchev–Trinajstić information content (AvgIpc) is 3.48. The van der Waals surface area contributed by atoms with E-state index in [0.29, 0.717) is 42.7 Å². The Labute approximate surface area is 261 Å². The molecule has 2 amide bonds. The number of aliphatic carboxylic acids is 1. The van der Waals surface area contributed by atoms with E-state index < -0.39 is 17.9 Å². The summed E-state index contributed by atoms with van der Waals surface area (Å²) < 4.78 is 0.918. The largest absolute Gasteiger partial charge is 0.480 e. The molecule has 2 aromatic rings. The minimum Gasteiger partial charge on any atom is -0.480 e. The van der Waals surface area contributed by atoms with Gasteiger partial charge in [-0.3, -0.25) is 14.9 Å². The number of nitrogens with one attached hydrogen (secondary N) is 2. The Morgan fingerprint density at radius 1 is 1.20 bits per heavy atom. The Kier molecular flexibility index (Phi) is 10.1. The van der Waals surface area contributed by atoms with Crippen molar-refractivity contribution < 1.29 is 19.5 Å². The van der Waals surface area contributed by atoms with E-state index in [1.165, 1.54) is 0 Å². The van der Waals surface area contributed by atoms with Crippen molar-refractivity contribution in [1.82, 2.24) is 20.4 Å². The molecule has 2 aliphatic heterocycles. The third-order valence-electron chi connectivity index (χ3n) is 6.99. The summed E-state index contributed by atoms with van der Waals surface area (Å²) in [7, 11) is 0. The highest BCUT2D eigenvalue weighted by molar-refractivity contribution is 14.1. The monoisotopic (exact) mass is 708 g/mol. The Bertz CT molecular complexity index is 1470. The summed E-state index contributed by atoms with van der Waals surface area (Å²) in [6, 6.07) is 5.64. The third kappa shape index (κ3) is 6.94. The number of guanidine groups is 1. The standard InChI is InChI=1S/C28H27Cl2IN6O4/c1-2-16-5-6-17(12-21(16)31)26(39)37-10-7-19-18(14-37)11-20(29)23(24(19)30)25(38)35-22(27(40)41)13-33-28(34-15-32)36-8-3-4-9-36/h2,5-6,11-12,22H,1,3-4,7-10,13-14H2,(H,33,34)(H,35,38)(H,40,41)/t22-/m0/s1. The summed E-state index contributed by atoms with van der Waals surface area (Å²) in [5.74, 6) is -1.92. The number of halogens is 3. The lowest BCUT2D eigenvalue weighted by molar-refractivity contribution is -0.138. The Morgan fingerprint density at radius 2 is 1.93 bits per heavy atom. The van der Waals surface area contributed by atoms with Crippen molar-refractivity contribution in [2.75, 3.05) is 26.2 Å². The molecule has 0 radical (unpaired) electrons. The van der Waals surface area contributed by atoms with Crippen LogP contribution in [0.5, 0.6) is 0 Å². The van der Waals surface area contributed by atoms with E-state index in [4.69, 9.17) is 28.5 Å². The molecule has 2 aromatic carbocycles. The van der Waals surface area contributed by atoms with Crippen molar-refractivity contribution >= 4 is 75.6 Å². The summed E-state index contributed by atoms with van der Waals surface area (Å²) >= 11 is 15.3. The van der Waals surface area contributed by atoms with Gasteiger partial charge in [-0.25, -0.2) is 9.79 Å². The minimum absolute atomic E-state index is 0.0356. The van der Waals surface area contributed by atoms with Crippen LogP contribution in [0.4, 0.5) is 0 Å². The van der Waals surface area contributed by atoms with Crippen LogP contribution < -0.4 is 10.6 Å². The summed E-state index contributed by atoms with van der Waals surface area (Å²) in [5, 5.41) is 23.9. The van der Waals surface area contributed by atoms with Gasteiger partial charge in [0, 0.05) is 35.3 Å². The van der Waals surface area contributed by atoms with Crippen LogP contribution in [0.25, 0.3) is 6.08 Å². The van der Waals surface area contributed by atoms with E-state index in [9.17, 15) is 19.5 Å². The van der Waals surface area contributed by atoms with Crippen molar-refractivity contribution in [3.05, 3.63) is 72.3 Å². The molecule has 4 rings (SSSR count). The van der Waals surface area contributed by atoms with Crippen LogP contribution in [0.1, 0.15) is 50.2 Å². The van der Waals surface area contributed by atoms with Crippen molar-refractivity contribution in [3.63, 3.8) is 0 Å². The van der Waals surface area contributed by atoms with Crippen LogP contribution in [-0.2, 0) is 17.8 Å². The van der Waals surface area contributed by atoms with E-state index in [1.54, 1.807) is 23.1 Å². The fourth-order valence-electron chi connectivity index (χ4n) is 4.83. The maximum absolute atomic E-state index is 13.2. The molecule has 0 spiro atoms. The zero-order valence-corrected chi connectivity index (χ0v) is 25.6. The summed E-state index contributed by atoms with van der Waals surface area (Å²) in [4.78, 5) is 46.2. The van der Waals surface area contributed by atoms with Gasteiger partial charge >= 0.3 is 5.97 Å². The second-order valence-electron chi connectivity index (χ2n) is 9.56. The van der Waals surface area contributed by atoms with Gasteiger partial charge < -0.3 is 20.2 Å². The van der Waals surface area contributed by atoms with E-state index in [2.05, 4.69) is 44.8 Å². The highest BCUT2D eigenvalue weighted by atomic mass is 127. The fourth-order valence-corrected chi connectivity index (χ4v) is 6.33. The molecule has 1 atom stereocenters. The van der Waals surface area contributed by atoms with E-state index in [1.807, 2.05) is 23.2 Å². The number of hydrogen-bond donors (Lipinski definition) is 3. The van der Waals surface area contributed by atoms with Crippen molar-refractivity contribution in [3.8, 4) is 6.19 Å². The molecule has 0 aromatic heterocycles. The molecule has 2 aliphatic rings. The van der Waals surface area contributed by atoms with Crippen LogP contribution in [0.3, 0.4) is 0 Å². The molecule has 41 heavy (non-hydrogen) atoms. The number of aliphatic imine (C=N–C) groups is 1. The van der Waals surface area contributed by atoms with Gasteiger partial charge in [0.1, 0.15) is 6.04 Å². The number of hydrogen-bond acceptors (Lipinski definition) is 5. The molecule has 10 nitrogen and oxygen atoms in total. The number of nitriles is 1. The number of benzene rings is 2. The zero-order chi connectivity index (χ0) is 29.7. The van der Waals surface area contributed by atoms with Crippen LogP contribution in [0, 0.1) is 15.0 Å². The van der Waals surface area contributed by atoms with Crippen LogP contribution >= 0.6 is 45.8 Å². The Hall–Kier alpha value is -3.34. The minimum atomic E-state index is -1.38. The van der Waals surface area contributed by atoms with Crippen molar-refractivity contribution in [2.24, 2.45) is 4.99 Å². The zero-order valence-electron chi connectivity index (χ0n) is 21.9. The number of likely N-dealkylation sites (tertiary alicyclic amines) is 1. The second-order valence-corrected chi connectivity index (χ2v) is 11.5. The molecule has 1 fully saturated rings. The van der Waals surface area contributed by atoms with Gasteiger partial charge in [0.15, 0.2) is 6.19 Å². The lowest BCUT2D eigenvalue weighted by Gasteiger charge is -2.30. The van der Waals surface area contributed by atoms with Crippen LogP contribution in [0.15, 0.2) is 35.8 Å². The molecule has 0 saturated carbocycles. The molecule has 214 valence electrons. The number of carboxylic acid groups (broad SMARTS) is 1. The molecule has 13 heteroatoms. The molecular formula is C28H27Cl2IN6O4. The Balaban J connectivity index is 1.51. The normalized spacial score (nSPS) is 15.5. The molecule has 0 aliphatic carbocycles. The maximum Gasteiger partial charge on any atom is 0.328 e. The van der Waals surface area contributed by atoms with E-state index >= 15 is 0 Å². The predicted molar refractivity (Wildman–Crippen MR) is 165 cm³/mol. The maximum atomic E-state index is 13.2. The van der Waals surface area contributed by atoms with E-state index in [0.717, 1.165) is 22.0 Å². The molecule has 1 saturated heterocycles. The molecule has 2 heterocycles. The first-order valence-corrected chi connectivity index (χ1v) is 14.7.